The lowest BCUT2D eigenvalue weighted by atomic mass is 10.1. The van der Waals surface area contributed by atoms with Gasteiger partial charge in [0.2, 0.25) is 5.91 Å². The van der Waals surface area contributed by atoms with Gasteiger partial charge in [0.15, 0.2) is 6.04 Å². The van der Waals surface area contributed by atoms with Crippen LogP contribution in [0.3, 0.4) is 0 Å². The molecule has 1 aromatic heterocycles. The van der Waals surface area contributed by atoms with Crippen molar-refractivity contribution in [3.8, 4) is 0 Å². The molecule has 2 aromatic rings. The molecule has 0 fully saturated rings. The summed E-state index contributed by atoms with van der Waals surface area (Å²) in [6.45, 7) is 1.94. The fraction of sp³-hybridized carbons (Fsp3) is 0.312. The SMILES string of the molecule is Cc1nc(CCCC(=O)NC(C(=O)O)c2ccccc2)cs1. The number of thiazole rings is 1. The number of aliphatic carboxylic acids is 1. The Hall–Kier alpha value is -2.21. The first-order valence-corrected chi connectivity index (χ1v) is 7.92. The zero-order valence-corrected chi connectivity index (χ0v) is 13.1. The van der Waals surface area contributed by atoms with Crippen LogP contribution in [0.1, 0.15) is 35.1 Å². The summed E-state index contributed by atoms with van der Waals surface area (Å²) in [5, 5.41) is 14.8. The van der Waals surface area contributed by atoms with Crippen LogP contribution in [0.25, 0.3) is 0 Å². The first-order valence-electron chi connectivity index (χ1n) is 7.04. The highest BCUT2D eigenvalue weighted by molar-refractivity contribution is 7.09. The van der Waals surface area contributed by atoms with Crippen molar-refractivity contribution in [2.24, 2.45) is 0 Å². The quantitative estimate of drug-likeness (QED) is 0.822. The molecule has 2 rings (SSSR count). The number of aromatic nitrogens is 1. The standard InChI is InChI=1S/C16H18N2O3S/c1-11-17-13(10-22-11)8-5-9-14(19)18-15(16(20)21)12-6-3-2-4-7-12/h2-4,6-7,10,15H,5,8-9H2,1H3,(H,18,19)(H,20,21). The zero-order chi connectivity index (χ0) is 15.9. The van der Waals surface area contributed by atoms with Gasteiger partial charge in [0, 0.05) is 11.8 Å². The Kier molecular flexibility index (Phi) is 5.66. The van der Waals surface area contributed by atoms with Crippen LogP contribution in [0, 0.1) is 6.92 Å². The minimum atomic E-state index is -1.06. The molecule has 22 heavy (non-hydrogen) atoms. The topological polar surface area (TPSA) is 79.3 Å². The van der Waals surface area contributed by atoms with Crippen LogP contribution in [0.5, 0.6) is 0 Å². The monoisotopic (exact) mass is 318 g/mol. The molecule has 0 aliphatic rings. The van der Waals surface area contributed by atoms with Gasteiger partial charge in [0.1, 0.15) is 0 Å². The van der Waals surface area contributed by atoms with Crippen LogP contribution >= 0.6 is 11.3 Å². The Balaban J connectivity index is 1.85. The van der Waals surface area contributed by atoms with Crippen molar-refractivity contribution in [1.29, 1.82) is 0 Å². The average molecular weight is 318 g/mol. The van der Waals surface area contributed by atoms with E-state index in [4.69, 9.17) is 0 Å². The maximum Gasteiger partial charge on any atom is 0.330 e. The van der Waals surface area contributed by atoms with Gasteiger partial charge in [-0.05, 0) is 25.3 Å². The van der Waals surface area contributed by atoms with E-state index >= 15 is 0 Å². The van der Waals surface area contributed by atoms with E-state index in [1.54, 1.807) is 41.7 Å². The fourth-order valence-electron chi connectivity index (χ4n) is 2.12. The molecule has 1 atom stereocenters. The highest BCUT2D eigenvalue weighted by Gasteiger charge is 2.21. The number of hydrogen-bond acceptors (Lipinski definition) is 4. The molecular formula is C16H18N2O3S. The number of aryl methyl sites for hydroxylation is 2. The van der Waals surface area contributed by atoms with Crippen LogP contribution in [0.2, 0.25) is 0 Å². The summed E-state index contributed by atoms with van der Waals surface area (Å²) >= 11 is 1.59. The second-order valence-electron chi connectivity index (χ2n) is 4.96. The fourth-order valence-corrected chi connectivity index (χ4v) is 2.77. The molecule has 0 spiro atoms. The molecule has 2 N–H and O–H groups in total. The Morgan fingerprint density at radius 1 is 1.32 bits per heavy atom. The summed E-state index contributed by atoms with van der Waals surface area (Å²) in [7, 11) is 0. The molecule has 0 aliphatic heterocycles. The Bertz CT molecular complexity index is 640. The van der Waals surface area contributed by atoms with Gasteiger partial charge in [-0.1, -0.05) is 30.3 Å². The first kappa shape index (κ1) is 16.2. The summed E-state index contributed by atoms with van der Waals surface area (Å²) in [5.74, 6) is -1.32. The third-order valence-electron chi connectivity index (χ3n) is 3.19. The van der Waals surface area contributed by atoms with Crippen molar-refractivity contribution in [3.63, 3.8) is 0 Å². The first-order chi connectivity index (χ1) is 10.6. The van der Waals surface area contributed by atoms with E-state index in [1.807, 2.05) is 12.3 Å². The number of rotatable bonds is 7. The number of benzene rings is 1. The Morgan fingerprint density at radius 3 is 2.64 bits per heavy atom. The number of carboxylic acids is 1. The molecule has 0 saturated heterocycles. The minimum Gasteiger partial charge on any atom is -0.479 e. The van der Waals surface area contributed by atoms with Crippen molar-refractivity contribution < 1.29 is 14.7 Å². The van der Waals surface area contributed by atoms with Gasteiger partial charge in [-0.25, -0.2) is 9.78 Å². The Labute approximate surface area is 133 Å². The van der Waals surface area contributed by atoms with Crippen LogP contribution in [-0.2, 0) is 16.0 Å². The van der Waals surface area contributed by atoms with E-state index in [2.05, 4.69) is 10.3 Å². The van der Waals surface area contributed by atoms with Crippen molar-refractivity contribution in [2.45, 2.75) is 32.2 Å². The van der Waals surface area contributed by atoms with E-state index in [0.29, 0.717) is 12.0 Å². The lowest BCUT2D eigenvalue weighted by Crippen LogP contribution is -2.33. The second kappa shape index (κ2) is 7.70. The summed E-state index contributed by atoms with van der Waals surface area (Å²) in [6.07, 6.45) is 1.66. The molecule has 0 bridgehead atoms. The van der Waals surface area contributed by atoms with Crippen LogP contribution in [0.15, 0.2) is 35.7 Å². The van der Waals surface area contributed by atoms with Crippen LogP contribution in [0.4, 0.5) is 0 Å². The van der Waals surface area contributed by atoms with E-state index in [9.17, 15) is 14.7 Å². The van der Waals surface area contributed by atoms with Crippen LogP contribution < -0.4 is 5.32 Å². The molecule has 1 heterocycles. The molecule has 6 heteroatoms. The second-order valence-corrected chi connectivity index (χ2v) is 6.02. The molecule has 0 saturated carbocycles. The molecule has 116 valence electrons. The number of amides is 1. The average Bonchev–Trinajstić information content (AvgIpc) is 2.91. The number of carboxylic acid groups (broad SMARTS) is 1. The molecule has 0 aliphatic carbocycles. The van der Waals surface area contributed by atoms with Crippen molar-refractivity contribution >= 4 is 23.2 Å². The molecule has 0 radical (unpaired) electrons. The lowest BCUT2D eigenvalue weighted by molar-refractivity contribution is -0.142. The normalized spacial score (nSPS) is 11.9. The maximum atomic E-state index is 11.9. The third kappa shape index (κ3) is 4.66. The van der Waals surface area contributed by atoms with Gasteiger partial charge >= 0.3 is 5.97 Å². The third-order valence-corrected chi connectivity index (χ3v) is 4.01. The summed E-state index contributed by atoms with van der Waals surface area (Å²) in [6, 6.07) is 7.69. The van der Waals surface area contributed by atoms with Gasteiger partial charge < -0.3 is 10.4 Å². The number of carbonyl (C=O) groups excluding carboxylic acids is 1. The van der Waals surface area contributed by atoms with E-state index < -0.39 is 12.0 Å². The largest absolute Gasteiger partial charge is 0.479 e. The van der Waals surface area contributed by atoms with Crippen molar-refractivity contribution in [2.75, 3.05) is 0 Å². The van der Waals surface area contributed by atoms with Gasteiger partial charge in [0.05, 0.1) is 10.7 Å². The molecule has 1 aromatic carbocycles. The number of carbonyl (C=O) groups is 2. The summed E-state index contributed by atoms with van der Waals surface area (Å²) < 4.78 is 0. The van der Waals surface area contributed by atoms with Gasteiger partial charge in [-0.2, -0.15) is 0 Å². The summed E-state index contributed by atoms with van der Waals surface area (Å²) in [4.78, 5) is 27.6. The lowest BCUT2D eigenvalue weighted by Gasteiger charge is -2.14. The van der Waals surface area contributed by atoms with E-state index in [-0.39, 0.29) is 12.3 Å². The van der Waals surface area contributed by atoms with Gasteiger partial charge in [-0.15, -0.1) is 11.3 Å². The van der Waals surface area contributed by atoms with Crippen molar-refractivity contribution in [3.05, 3.63) is 52.0 Å². The molecular weight excluding hydrogens is 300 g/mol. The smallest absolute Gasteiger partial charge is 0.330 e. The van der Waals surface area contributed by atoms with Crippen LogP contribution in [-0.4, -0.2) is 22.0 Å². The van der Waals surface area contributed by atoms with E-state index in [0.717, 1.165) is 17.1 Å². The number of hydrogen-bond donors (Lipinski definition) is 2. The van der Waals surface area contributed by atoms with Gasteiger partial charge in [-0.3, -0.25) is 4.79 Å². The van der Waals surface area contributed by atoms with Gasteiger partial charge in [0.25, 0.3) is 0 Å². The predicted molar refractivity (Wildman–Crippen MR) is 84.8 cm³/mol. The molecule has 5 nitrogen and oxygen atoms in total. The zero-order valence-electron chi connectivity index (χ0n) is 12.3. The highest BCUT2D eigenvalue weighted by atomic mass is 32.1. The Morgan fingerprint density at radius 2 is 2.05 bits per heavy atom. The maximum absolute atomic E-state index is 11.9. The summed E-state index contributed by atoms with van der Waals surface area (Å²) in [5.41, 5.74) is 1.55. The van der Waals surface area contributed by atoms with E-state index in [1.165, 1.54) is 0 Å². The predicted octanol–water partition coefficient (Wildman–Crippen LogP) is 2.72. The van der Waals surface area contributed by atoms with Crippen molar-refractivity contribution in [1.82, 2.24) is 10.3 Å². The molecule has 1 amide bonds. The number of nitrogens with zero attached hydrogens (tertiary/aromatic N) is 1. The molecule has 1 unspecified atom stereocenters. The number of nitrogens with one attached hydrogen (secondary N) is 1. The highest BCUT2D eigenvalue weighted by Crippen LogP contribution is 2.14. The minimum absolute atomic E-state index is 0.261.